The van der Waals surface area contributed by atoms with Crippen LogP contribution in [0, 0.1) is 11.5 Å². The van der Waals surface area contributed by atoms with Crippen LogP contribution in [0.3, 0.4) is 0 Å². The van der Waals surface area contributed by atoms with Crippen LogP contribution in [0.4, 0.5) is 13.2 Å². The number of H-pyrrole nitrogens is 1. The van der Waals surface area contributed by atoms with E-state index in [1.54, 1.807) is 5.32 Å². The molecule has 0 aliphatic heterocycles. The summed E-state index contributed by atoms with van der Waals surface area (Å²) in [4.78, 5) is 23.6. The van der Waals surface area contributed by atoms with Crippen LogP contribution in [0.1, 0.15) is 16.1 Å². The zero-order valence-electron chi connectivity index (χ0n) is 7.55. The number of aromatic amines is 1. The molecule has 16 heavy (non-hydrogen) atoms. The molecule has 0 fully saturated rings. The Morgan fingerprint density at radius 1 is 1.44 bits per heavy atom. The number of carbonyl (C=O) groups excluding carboxylic acids is 1. The molecule has 0 aliphatic carbocycles. The molecular formula is C8H4F3N3O2. The summed E-state index contributed by atoms with van der Waals surface area (Å²) in [6.07, 6.45) is -3.43. The van der Waals surface area contributed by atoms with Crippen molar-refractivity contribution in [1.82, 2.24) is 10.3 Å². The van der Waals surface area contributed by atoms with Gasteiger partial charge in [0, 0.05) is 0 Å². The summed E-state index contributed by atoms with van der Waals surface area (Å²) >= 11 is 0. The predicted molar refractivity (Wildman–Crippen MR) is 45.1 cm³/mol. The maximum absolute atomic E-state index is 12.1. The number of pyridine rings is 1. The van der Waals surface area contributed by atoms with Gasteiger partial charge in [-0.15, -0.1) is 0 Å². The molecule has 5 nitrogen and oxygen atoms in total. The van der Waals surface area contributed by atoms with Gasteiger partial charge >= 0.3 is 6.18 Å². The molecule has 2 N–H and O–H groups in total. The summed E-state index contributed by atoms with van der Waals surface area (Å²) in [5.74, 6) is -1.06. The van der Waals surface area contributed by atoms with E-state index in [1.165, 1.54) is 11.2 Å². The van der Waals surface area contributed by atoms with Crippen molar-refractivity contribution >= 4 is 5.91 Å². The lowest BCUT2D eigenvalue weighted by molar-refractivity contribution is -0.141. The first-order valence-corrected chi connectivity index (χ1v) is 3.86. The fourth-order valence-corrected chi connectivity index (χ4v) is 0.936. The van der Waals surface area contributed by atoms with E-state index in [9.17, 15) is 22.8 Å². The number of alkyl halides is 3. The topological polar surface area (TPSA) is 85.8 Å². The first-order valence-electron chi connectivity index (χ1n) is 3.86. The van der Waals surface area contributed by atoms with Crippen molar-refractivity contribution in [2.45, 2.75) is 6.18 Å². The highest BCUT2D eigenvalue weighted by Crippen LogP contribution is 2.26. The molecule has 0 bridgehead atoms. The summed E-state index contributed by atoms with van der Waals surface area (Å²) in [7, 11) is 0. The maximum Gasteiger partial charge on any atom is 0.431 e. The predicted octanol–water partition coefficient (Wildman–Crippen LogP) is 0.605. The second-order valence-electron chi connectivity index (χ2n) is 2.68. The van der Waals surface area contributed by atoms with Crippen LogP contribution in [0.15, 0.2) is 16.9 Å². The largest absolute Gasteiger partial charge is 0.431 e. The molecule has 0 radical (unpaired) electrons. The first kappa shape index (κ1) is 11.8. The Bertz CT molecular complexity index is 512. The number of nitrogens with one attached hydrogen (secondary N) is 2. The van der Waals surface area contributed by atoms with E-state index in [0.717, 1.165) is 0 Å². The summed E-state index contributed by atoms with van der Waals surface area (Å²) < 4.78 is 36.4. The lowest BCUT2D eigenvalue weighted by Crippen LogP contribution is -2.28. The zero-order valence-corrected chi connectivity index (χ0v) is 7.55. The van der Waals surface area contributed by atoms with Crippen molar-refractivity contribution < 1.29 is 18.0 Å². The minimum Gasteiger partial charge on any atom is -0.318 e. The summed E-state index contributed by atoms with van der Waals surface area (Å²) in [6.45, 7) is 0. The number of nitriles is 1. The van der Waals surface area contributed by atoms with Crippen LogP contribution in [0.5, 0.6) is 0 Å². The van der Waals surface area contributed by atoms with Gasteiger partial charge in [0.25, 0.3) is 11.5 Å². The number of nitrogens with zero attached hydrogens (tertiary/aromatic N) is 1. The zero-order chi connectivity index (χ0) is 12.3. The third kappa shape index (κ3) is 2.38. The average molecular weight is 231 g/mol. The Balaban J connectivity index is 3.17. The van der Waals surface area contributed by atoms with Crippen molar-refractivity contribution in [3.63, 3.8) is 0 Å². The highest BCUT2D eigenvalue weighted by Gasteiger charge is 2.32. The summed E-state index contributed by atoms with van der Waals surface area (Å²) in [6, 6.07) is 1.25. The fourth-order valence-electron chi connectivity index (χ4n) is 0.936. The molecule has 1 aromatic heterocycles. The molecule has 1 amide bonds. The Kier molecular flexibility index (Phi) is 2.99. The summed E-state index contributed by atoms with van der Waals surface area (Å²) in [5.41, 5.74) is -3.02. The van der Waals surface area contributed by atoms with Crippen molar-refractivity contribution in [3.05, 3.63) is 33.7 Å². The standard InChI is InChI=1S/C8H4F3N3O2/c9-8(10,11)5-2-1-4(7(16)14-5)6(15)13-3-12/h1-2H,(H,13,15)(H,14,16). The number of carbonyl (C=O) groups is 1. The van der Waals surface area contributed by atoms with Crippen LogP contribution < -0.4 is 10.9 Å². The lowest BCUT2D eigenvalue weighted by Gasteiger charge is -2.06. The molecule has 0 atom stereocenters. The SMILES string of the molecule is N#CNC(=O)c1ccc(C(F)(F)F)[nH]c1=O. The fraction of sp³-hybridized carbons (Fsp3) is 0.125. The Morgan fingerprint density at radius 2 is 2.06 bits per heavy atom. The highest BCUT2D eigenvalue weighted by molar-refractivity contribution is 5.94. The lowest BCUT2D eigenvalue weighted by atomic mass is 10.2. The molecule has 84 valence electrons. The van der Waals surface area contributed by atoms with Crippen molar-refractivity contribution in [2.75, 3.05) is 0 Å². The van der Waals surface area contributed by atoms with E-state index in [4.69, 9.17) is 5.26 Å². The molecule has 0 aliphatic rings. The van der Waals surface area contributed by atoms with Gasteiger partial charge in [-0.2, -0.15) is 18.4 Å². The number of aromatic nitrogens is 1. The molecule has 1 aromatic rings. The van der Waals surface area contributed by atoms with E-state index in [-0.39, 0.29) is 0 Å². The Morgan fingerprint density at radius 3 is 2.50 bits per heavy atom. The minimum absolute atomic E-state index is 0.549. The number of hydrogen-bond donors (Lipinski definition) is 2. The first-order chi connectivity index (χ1) is 7.36. The monoisotopic (exact) mass is 231 g/mol. The maximum atomic E-state index is 12.1. The van der Waals surface area contributed by atoms with Gasteiger partial charge in [0.15, 0.2) is 6.19 Å². The molecule has 1 heterocycles. The average Bonchev–Trinajstić information content (AvgIpc) is 2.16. The Labute approximate surface area is 86.5 Å². The number of halogens is 3. The summed E-state index contributed by atoms with van der Waals surface area (Å²) in [5, 5.41) is 9.72. The van der Waals surface area contributed by atoms with E-state index in [1.807, 2.05) is 0 Å². The van der Waals surface area contributed by atoms with Gasteiger partial charge in [0.2, 0.25) is 0 Å². The van der Waals surface area contributed by atoms with Gasteiger partial charge < -0.3 is 4.98 Å². The van der Waals surface area contributed by atoms with E-state index in [0.29, 0.717) is 12.1 Å². The van der Waals surface area contributed by atoms with Crippen LogP contribution in [-0.2, 0) is 6.18 Å². The van der Waals surface area contributed by atoms with Crippen molar-refractivity contribution in [2.24, 2.45) is 0 Å². The smallest absolute Gasteiger partial charge is 0.318 e. The van der Waals surface area contributed by atoms with Crippen LogP contribution in [-0.4, -0.2) is 10.9 Å². The molecule has 0 saturated heterocycles. The van der Waals surface area contributed by atoms with Gasteiger partial charge in [-0.25, -0.2) is 0 Å². The van der Waals surface area contributed by atoms with Crippen molar-refractivity contribution in [3.8, 4) is 6.19 Å². The molecule has 1 rings (SSSR count). The van der Waals surface area contributed by atoms with Gasteiger partial charge in [0.1, 0.15) is 11.3 Å². The second-order valence-corrected chi connectivity index (χ2v) is 2.68. The van der Waals surface area contributed by atoms with Crippen LogP contribution in [0.25, 0.3) is 0 Å². The molecule has 0 aromatic carbocycles. The number of rotatable bonds is 1. The van der Waals surface area contributed by atoms with Gasteiger partial charge in [-0.3, -0.25) is 14.9 Å². The molecular weight excluding hydrogens is 227 g/mol. The van der Waals surface area contributed by atoms with Gasteiger partial charge in [-0.1, -0.05) is 0 Å². The number of hydrogen-bond acceptors (Lipinski definition) is 3. The second kappa shape index (κ2) is 4.06. The van der Waals surface area contributed by atoms with Crippen LogP contribution in [0.2, 0.25) is 0 Å². The van der Waals surface area contributed by atoms with Crippen LogP contribution >= 0.6 is 0 Å². The minimum atomic E-state index is -4.69. The number of amides is 1. The molecule has 0 spiro atoms. The quantitative estimate of drug-likeness (QED) is 0.548. The van der Waals surface area contributed by atoms with E-state index in [2.05, 4.69) is 0 Å². The van der Waals surface area contributed by atoms with E-state index >= 15 is 0 Å². The molecule has 0 saturated carbocycles. The van der Waals surface area contributed by atoms with Crippen molar-refractivity contribution in [1.29, 1.82) is 5.26 Å². The van der Waals surface area contributed by atoms with Gasteiger partial charge in [-0.05, 0) is 12.1 Å². The van der Waals surface area contributed by atoms with E-state index < -0.39 is 28.9 Å². The van der Waals surface area contributed by atoms with Gasteiger partial charge in [0.05, 0.1) is 0 Å². The third-order valence-corrected chi connectivity index (χ3v) is 1.63. The molecule has 8 heteroatoms. The highest BCUT2D eigenvalue weighted by atomic mass is 19.4. The molecule has 0 unspecified atom stereocenters. The Hall–Kier alpha value is -2.30. The third-order valence-electron chi connectivity index (χ3n) is 1.63. The normalized spacial score (nSPS) is 10.6.